The van der Waals surface area contributed by atoms with Gasteiger partial charge in [-0.15, -0.1) is 0 Å². The summed E-state index contributed by atoms with van der Waals surface area (Å²) < 4.78 is 16.8. The van der Waals surface area contributed by atoms with Gasteiger partial charge in [0.2, 0.25) is 0 Å². The van der Waals surface area contributed by atoms with Gasteiger partial charge < -0.3 is 14.2 Å². The van der Waals surface area contributed by atoms with Crippen molar-refractivity contribution in [2.75, 3.05) is 13.2 Å². The van der Waals surface area contributed by atoms with Gasteiger partial charge in [-0.25, -0.2) is 0 Å². The molecule has 0 saturated carbocycles. The highest BCUT2D eigenvalue weighted by molar-refractivity contribution is 5.71. The van der Waals surface area contributed by atoms with E-state index in [4.69, 9.17) is 14.2 Å². The first-order valence-electron chi connectivity index (χ1n) is 32.6. The first-order valence-corrected chi connectivity index (χ1v) is 32.6. The Kier molecular flexibility index (Phi) is 62.9. The molecule has 1 atom stereocenters. The van der Waals surface area contributed by atoms with Crippen LogP contribution in [0.25, 0.3) is 0 Å². The molecular formula is C75H118O6. The number of esters is 3. The van der Waals surface area contributed by atoms with Crippen LogP contribution in [0.15, 0.2) is 170 Å². The minimum absolute atomic E-state index is 0.118. The van der Waals surface area contributed by atoms with Crippen LogP contribution < -0.4 is 0 Å². The van der Waals surface area contributed by atoms with Gasteiger partial charge in [-0.1, -0.05) is 294 Å². The molecule has 0 aromatic heterocycles. The number of carbonyl (C=O) groups is 3. The van der Waals surface area contributed by atoms with Crippen LogP contribution >= 0.6 is 0 Å². The summed E-state index contributed by atoms with van der Waals surface area (Å²) in [5.74, 6) is -1.02. The Morgan fingerprint density at radius 3 is 0.802 bits per heavy atom. The summed E-state index contributed by atoms with van der Waals surface area (Å²) in [6.45, 7) is 6.33. The molecule has 0 rings (SSSR count). The average Bonchev–Trinajstić information content (AvgIpc) is 3.46. The molecule has 1 unspecified atom stereocenters. The highest BCUT2D eigenvalue weighted by atomic mass is 16.6. The first-order chi connectivity index (χ1) is 40.0. The molecule has 0 N–H and O–H groups in total. The normalized spacial score (nSPS) is 13.3. The molecule has 81 heavy (non-hydrogen) atoms. The average molecular weight is 1120 g/mol. The van der Waals surface area contributed by atoms with Gasteiger partial charge in [-0.2, -0.15) is 0 Å². The highest BCUT2D eigenvalue weighted by Crippen LogP contribution is 2.15. The zero-order valence-electron chi connectivity index (χ0n) is 52.0. The SMILES string of the molecule is CC/C=C\C/C=C\C/C=C\C/C=C\C/C=C\C/C=C\C/C=C\C/C=C\CCCCCCCCC(=O)OCC(COC(=O)CCCCCCCCCCCCCCC)OC(=O)CC/C=C\C/C=C\C/C=C\C/C=C\C/C=C\C/C=C\CC. The number of hydrogen-bond acceptors (Lipinski definition) is 6. The summed E-state index contributed by atoms with van der Waals surface area (Å²) in [5.41, 5.74) is 0. The van der Waals surface area contributed by atoms with Gasteiger partial charge in [0.1, 0.15) is 13.2 Å². The van der Waals surface area contributed by atoms with Crippen LogP contribution in [0.3, 0.4) is 0 Å². The smallest absolute Gasteiger partial charge is 0.306 e. The minimum atomic E-state index is -0.833. The third kappa shape index (κ3) is 65.5. The van der Waals surface area contributed by atoms with Crippen molar-refractivity contribution in [1.29, 1.82) is 0 Å². The molecule has 0 spiro atoms. The molecule has 0 aliphatic carbocycles. The molecule has 0 saturated heterocycles. The lowest BCUT2D eigenvalue weighted by atomic mass is 10.0. The van der Waals surface area contributed by atoms with Crippen molar-refractivity contribution in [2.24, 2.45) is 0 Å². The van der Waals surface area contributed by atoms with E-state index in [-0.39, 0.29) is 31.6 Å². The summed E-state index contributed by atoms with van der Waals surface area (Å²) in [6, 6.07) is 0. The molecule has 6 nitrogen and oxygen atoms in total. The van der Waals surface area contributed by atoms with Gasteiger partial charge >= 0.3 is 17.9 Å². The van der Waals surface area contributed by atoms with E-state index in [1.807, 2.05) is 12.2 Å². The van der Waals surface area contributed by atoms with Crippen LogP contribution in [0, 0.1) is 0 Å². The predicted octanol–water partition coefficient (Wildman–Crippen LogP) is 22.7. The largest absolute Gasteiger partial charge is 0.462 e. The Balaban J connectivity index is 4.44. The predicted molar refractivity (Wildman–Crippen MR) is 352 cm³/mol. The second-order valence-electron chi connectivity index (χ2n) is 20.9. The van der Waals surface area contributed by atoms with Crippen LogP contribution in [0.2, 0.25) is 0 Å². The molecule has 0 aromatic carbocycles. The number of allylic oxidation sites excluding steroid dienone is 28. The molecule has 0 amide bonds. The Morgan fingerprint density at radius 2 is 0.506 bits per heavy atom. The van der Waals surface area contributed by atoms with Crippen LogP contribution in [0.1, 0.15) is 265 Å². The Hall–Kier alpha value is -5.23. The van der Waals surface area contributed by atoms with Gasteiger partial charge in [0.05, 0.1) is 0 Å². The van der Waals surface area contributed by atoms with E-state index in [0.29, 0.717) is 19.3 Å². The second-order valence-corrected chi connectivity index (χ2v) is 20.9. The number of unbranched alkanes of at least 4 members (excludes halogenated alkanes) is 18. The van der Waals surface area contributed by atoms with Crippen LogP contribution in [0.4, 0.5) is 0 Å². The summed E-state index contributed by atoms with van der Waals surface area (Å²) >= 11 is 0. The molecule has 0 aliphatic rings. The van der Waals surface area contributed by atoms with Crippen molar-refractivity contribution in [2.45, 2.75) is 271 Å². The van der Waals surface area contributed by atoms with Gasteiger partial charge in [-0.3, -0.25) is 14.4 Å². The van der Waals surface area contributed by atoms with Crippen LogP contribution in [-0.4, -0.2) is 37.2 Å². The number of carbonyl (C=O) groups excluding carboxylic acids is 3. The van der Waals surface area contributed by atoms with E-state index >= 15 is 0 Å². The zero-order valence-corrected chi connectivity index (χ0v) is 52.0. The van der Waals surface area contributed by atoms with E-state index in [1.54, 1.807) is 0 Å². The number of rotatable bonds is 57. The van der Waals surface area contributed by atoms with Gasteiger partial charge in [0.15, 0.2) is 6.10 Å². The maximum atomic E-state index is 12.9. The monoisotopic (exact) mass is 1110 g/mol. The summed E-state index contributed by atoms with van der Waals surface area (Å²) in [5, 5.41) is 0. The molecule has 0 aromatic rings. The molecule has 0 heterocycles. The Bertz CT molecular complexity index is 1860. The van der Waals surface area contributed by atoms with Gasteiger partial charge in [0, 0.05) is 19.3 Å². The fourth-order valence-corrected chi connectivity index (χ4v) is 8.43. The first kappa shape index (κ1) is 75.8. The molecule has 0 fully saturated rings. The van der Waals surface area contributed by atoms with Gasteiger partial charge in [-0.05, 0) is 122 Å². The molecule has 0 radical (unpaired) electrons. The van der Waals surface area contributed by atoms with Crippen LogP contribution in [-0.2, 0) is 28.6 Å². The van der Waals surface area contributed by atoms with Crippen molar-refractivity contribution in [3.63, 3.8) is 0 Å². The number of ether oxygens (including phenoxy) is 3. The van der Waals surface area contributed by atoms with Crippen molar-refractivity contribution < 1.29 is 28.6 Å². The second kappa shape index (κ2) is 67.3. The quantitative estimate of drug-likeness (QED) is 0.0261. The van der Waals surface area contributed by atoms with E-state index in [0.717, 1.165) is 141 Å². The summed E-state index contributed by atoms with van der Waals surface area (Å²) in [4.78, 5) is 38.3. The number of hydrogen-bond donors (Lipinski definition) is 0. The molecule has 0 aliphatic heterocycles. The third-order valence-corrected chi connectivity index (χ3v) is 13.2. The van der Waals surface area contributed by atoms with Crippen molar-refractivity contribution in [3.05, 3.63) is 170 Å². The van der Waals surface area contributed by atoms with E-state index in [1.165, 1.54) is 77.0 Å². The maximum absolute atomic E-state index is 12.9. The Labute approximate surface area is 498 Å². The maximum Gasteiger partial charge on any atom is 0.306 e. The lowest BCUT2D eigenvalue weighted by Crippen LogP contribution is -2.30. The summed E-state index contributed by atoms with van der Waals surface area (Å²) in [6.07, 6.45) is 99.4. The van der Waals surface area contributed by atoms with Crippen LogP contribution in [0.5, 0.6) is 0 Å². The van der Waals surface area contributed by atoms with Crippen molar-refractivity contribution in [3.8, 4) is 0 Å². The van der Waals surface area contributed by atoms with E-state index in [9.17, 15) is 14.4 Å². The van der Waals surface area contributed by atoms with Gasteiger partial charge in [0.25, 0.3) is 0 Å². The van der Waals surface area contributed by atoms with Crippen molar-refractivity contribution >= 4 is 17.9 Å². The van der Waals surface area contributed by atoms with E-state index in [2.05, 4.69) is 179 Å². The third-order valence-electron chi connectivity index (χ3n) is 13.2. The lowest BCUT2D eigenvalue weighted by Gasteiger charge is -2.18. The summed E-state index contributed by atoms with van der Waals surface area (Å²) in [7, 11) is 0. The molecule has 0 bridgehead atoms. The highest BCUT2D eigenvalue weighted by Gasteiger charge is 2.19. The van der Waals surface area contributed by atoms with E-state index < -0.39 is 12.1 Å². The minimum Gasteiger partial charge on any atom is -0.462 e. The standard InChI is InChI=1S/C75H118O6/c1-4-7-10-13-16-19-22-25-27-29-31-32-33-34-35-36-37-38-39-40-41-42-44-45-47-50-53-56-59-62-65-68-74(77)80-71-72(70-79-73(76)67-64-61-58-55-52-49-24-21-18-15-12-9-6-3)81-75(78)69-66-63-60-57-54-51-48-46-43-30-28-26-23-20-17-14-11-8-5-2/h7-8,10-11,16-17,19-20,25-28,31-32,34-35,37-38,40-41,43-46,51,54,60,63,72H,4-6,9,12-15,18,21-24,29-30,33,36,39,42,47-50,52-53,55-59,61-62,64-71H2,1-3H3/b10-7-,11-8-,19-16-,20-17-,27-25-,28-26-,32-31-,35-34-,38-37-,41-40-,45-44-,46-43-,54-51-,63-60-. The topological polar surface area (TPSA) is 78.9 Å². The zero-order chi connectivity index (χ0) is 58.5. The molecule has 454 valence electrons. The lowest BCUT2D eigenvalue weighted by molar-refractivity contribution is -0.166. The fraction of sp³-hybridized carbons (Fsp3) is 0.587. The fourth-order valence-electron chi connectivity index (χ4n) is 8.43. The molecular weight excluding hydrogens is 997 g/mol. The molecule has 6 heteroatoms. The van der Waals surface area contributed by atoms with Crippen molar-refractivity contribution in [1.82, 2.24) is 0 Å². The Morgan fingerprint density at radius 1 is 0.259 bits per heavy atom.